The summed E-state index contributed by atoms with van der Waals surface area (Å²) in [7, 11) is -3.44. The SMILES string of the molecule is CC(c1ccccc1)n1c(CO)cnc1S(C)(=O)=O. The van der Waals surface area contributed by atoms with Gasteiger partial charge in [-0.2, -0.15) is 0 Å². The predicted molar refractivity (Wildman–Crippen MR) is 71.5 cm³/mol. The maximum absolute atomic E-state index is 11.8. The van der Waals surface area contributed by atoms with Crippen LogP contribution in [0, 0.1) is 0 Å². The van der Waals surface area contributed by atoms with E-state index in [2.05, 4.69) is 4.98 Å². The van der Waals surface area contributed by atoms with E-state index in [9.17, 15) is 13.5 Å². The molecule has 0 bridgehead atoms. The number of hydrogen-bond acceptors (Lipinski definition) is 4. The number of rotatable bonds is 4. The van der Waals surface area contributed by atoms with Crippen molar-refractivity contribution in [2.45, 2.75) is 24.7 Å². The van der Waals surface area contributed by atoms with Crippen LogP contribution in [0.15, 0.2) is 41.7 Å². The molecule has 2 aromatic rings. The second-order valence-corrected chi connectivity index (χ2v) is 6.33. The molecule has 0 amide bonds. The van der Waals surface area contributed by atoms with Crippen LogP contribution in [0.2, 0.25) is 0 Å². The van der Waals surface area contributed by atoms with E-state index >= 15 is 0 Å². The minimum Gasteiger partial charge on any atom is -0.390 e. The molecule has 2 rings (SSSR count). The van der Waals surface area contributed by atoms with Crippen molar-refractivity contribution < 1.29 is 13.5 Å². The van der Waals surface area contributed by atoms with E-state index in [0.717, 1.165) is 11.8 Å². The number of aromatic nitrogens is 2. The minimum absolute atomic E-state index is 0.0205. The van der Waals surface area contributed by atoms with E-state index in [1.807, 2.05) is 37.3 Å². The number of benzene rings is 1. The third-order valence-electron chi connectivity index (χ3n) is 3.00. The molecular weight excluding hydrogens is 264 g/mol. The Morgan fingerprint density at radius 1 is 1.32 bits per heavy atom. The first-order valence-corrected chi connectivity index (χ1v) is 7.76. The van der Waals surface area contributed by atoms with Crippen molar-refractivity contribution in [3.8, 4) is 0 Å². The van der Waals surface area contributed by atoms with Crippen LogP contribution in [0.3, 0.4) is 0 Å². The van der Waals surface area contributed by atoms with Gasteiger partial charge in [-0.15, -0.1) is 0 Å². The molecule has 0 aliphatic heterocycles. The number of aliphatic hydroxyl groups excluding tert-OH is 1. The molecule has 1 N–H and O–H groups in total. The Hall–Kier alpha value is -1.66. The summed E-state index contributed by atoms with van der Waals surface area (Å²) in [4.78, 5) is 3.92. The van der Waals surface area contributed by atoms with Crippen LogP contribution in [0.4, 0.5) is 0 Å². The second kappa shape index (κ2) is 5.14. The lowest BCUT2D eigenvalue weighted by Gasteiger charge is -2.18. The summed E-state index contributed by atoms with van der Waals surface area (Å²) < 4.78 is 25.1. The van der Waals surface area contributed by atoms with Crippen molar-refractivity contribution >= 4 is 9.84 Å². The van der Waals surface area contributed by atoms with Crippen LogP contribution in [-0.2, 0) is 16.4 Å². The molecule has 1 aromatic carbocycles. The van der Waals surface area contributed by atoms with Crippen LogP contribution in [-0.4, -0.2) is 29.3 Å². The molecule has 0 aliphatic carbocycles. The van der Waals surface area contributed by atoms with Crippen LogP contribution in [0.1, 0.15) is 24.2 Å². The Morgan fingerprint density at radius 3 is 2.47 bits per heavy atom. The van der Waals surface area contributed by atoms with Gasteiger partial charge in [-0.3, -0.25) is 0 Å². The summed E-state index contributed by atoms with van der Waals surface area (Å²) in [6, 6.07) is 9.29. The summed E-state index contributed by atoms with van der Waals surface area (Å²) in [5.74, 6) is 0. The van der Waals surface area contributed by atoms with E-state index in [0.29, 0.717) is 5.69 Å². The number of imidazole rings is 1. The monoisotopic (exact) mass is 280 g/mol. The molecule has 0 aliphatic rings. The van der Waals surface area contributed by atoms with Crippen LogP contribution in [0.25, 0.3) is 0 Å². The molecule has 1 unspecified atom stereocenters. The number of hydrogen-bond donors (Lipinski definition) is 1. The summed E-state index contributed by atoms with van der Waals surface area (Å²) in [5.41, 5.74) is 1.44. The van der Waals surface area contributed by atoms with Gasteiger partial charge in [0.25, 0.3) is 0 Å². The van der Waals surface area contributed by atoms with Crippen LogP contribution >= 0.6 is 0 Å². The highest BCUT2D eigenvalue weighted by molar-refractivity contribution is 7.90. The third-order valence-corrected chi connectivity index (χ3v) is 3.97. The summed E-state index contributed by atoms with van der Waals surface area (Å²) in [5, 5.41) is 9.32. The maximum atomic E-state index is 11.8. The van der Waals surface area contributed by atoms with Crippen molar-refractivity contribution in [2.24, 2.45) is 0 Å². The summed E-state index contributed by atoms with van der Waals surface area (Å²) in [6.45, 7) is 1.63. The zero-order valence-electron chi connectivity index (χ0n) is 10.8. The molecular formula is C13H16N2O3S. The molecule has 0 radical (unpaired) electrons. The highest BCUT2D eigenvalue weighted by atomic mass is 32.2. The average Bonchev–Trinajstić information content (AvgIpc) is 2.82. The second-order valence-electron chi connectivity index (χ2n) is 4.42. The highest BCUT2D eigenvalue weighted by Crippen LogP contribution is 2.24. The van der Waals surface area contributed by atoms with Gasteiger partial charge >= 0.3 is 0 Å². The molecule has 0 saturated heterocycles. The predicted octanol–water partition coefficient (Wildman–Crippen LogP) is 1.39. The van der Waals surface area contributed by atoms with Gasteiger partial charge < -0.3 is 9.67 Å². The molecule has 5 nitrogen and oxygen atoms in total. The molecule has 1 atom stereocenters. The standard InChI is InChI=1S/C13H16N2O3S/c1-10(11-6-4-3-5-7-11)15-12(9-16)8-14-13(15)19(2,17)18/h3-8,10,16H,9H2,1-2H3. The molecule has 0 fully saturated rings. The van der Waals surface area contributed by atoms with Crippen molar-refractivity contribution in [3.05, 3.63) is 47.8 Å². The average molecular weight is 280 g/mol. The van der Waals surface area contributed by atoms with Gasteiger partial charge in [0.15, 0.2) is 0 Å². The van der Waals surface area contributed by atoms with Crippen molar-refractivity contribution in [1.82, 2.24) is 9.55 Å². The lowest BCUT2D eigenvalue weighted by molar-refractivity contribution is 0.267. The smallest absolute Gasteiger partial charge is 0.228 e. The number of nitrogens with zero attached hydrogens (tertiary/aromatic N) is 2. The fourth-order valence-corrected chi connectivity index (χ4v) is 2.94. The van der Waals surface area contributed by atoms with Crippen molar-refractivity contribution in [1.29, 1.82) is 0 Å². The molecule has 1 heterocycles. The third kappa shape index (κ3) is 2.69. The summed E-state index contributed by atoms with van der Waals surface area (Å²) in [6.07, 6.45) is 2.51. The Kier molecular flexibility index (Phi) is 3.73. The zero-order chi connectivity index (χ0) is 14.0. The fourth-order valence-electron chi connectivity index (χ4n) is 2.06. The zero-order valence-corrected chi connectivity index (χ0v) is 11.6. The molecule has 19 heavy (non-hydrogen) atoms. The van der Waals surface area contributed by atoms with Crippen molar-refractivity contribution in [3.63, 3.8) is 0 Å². The van der Waals surface area contributed by atoms with Gasteiger partial charge in [0.1, 0.15) is 0 Å². The first-order valence-electron chi connectivity index (χ1n) is 5.87. The quantitative estimate of drug-likeness (QED) is 0.918. The maximum Gasteiger partial charge on any atom is 0.228 e. The Bertz CT molecular complexity index is 662. The first-order chi connectivity index (χ1) is 8.95. The molecule has 1 aromatic heterocycles. The van der Waals surface area contributed by atoms with E-state index in [1.54, 1.807) is 4.57 Å². The largest absolute Gasteiger partial charge is 0.390 e. The topological polar surface area (TPSA) is 72.2 Å². The van der Waals surface area contributed by atoms with Gasteiger partial charge in [0.05, 0.1) is 24.5 Å². The number of sulfone groups is 1. The molecule has 0 saturated carbocycles. The van der Waals surface area contributed by atoms with Gasteiger partial charge in [-0.1, -0.05) is 30.3 Å². The van der Waals surface area contributed by atoms with Crippen LogP contribution in [0.5, 0.6) is 0 Å². The minimum atomic E-state index is -3.44. The molecule has 0 spiro atoms. The summed E-state index contributed by atoms with van der Waals surface area (Å²) >= 11 is 0. The van der Waals surface area contributed by atoms with Crippen molar-refractivity contribution in [2.75, 3.05) is 6.26 Å². The van der Waals surface area contributed by atoms with Gasteiger partial charge in [-0.05, 0) is 12.5 Å². The van der Waals surface area contributed by atoms with E-state index in [1.165, 1.54) is 6.20 Å². The van der Waals surface area contributed by atoms with Gasteiger partial charge in [0, 0.05) is 6.26 Å². The normalized spacial score (nSPS) is 13.4. The van der Waals surface area contributed by atoms with Gasteiger partial charge in [-0.25, -0.2) is 13.4 Å². The lowest BCUT2D eigenvalue weighted by Crippen LogP contribution is -2.16. The number of aliphatic hydroxyl groups is 1. The fraction of sp³-hybridized carbons (Fsp3) is 0.308. The van der Waals surface area contributed by atoms with E-state index < -0.39 is 9.84 Å². The highest BCUT2D eigenvalue weighted by Gasteiger charge is 2.22. The molecule has 102 valence electrons. The Labute approximate surface area is 112 Å². The van der Waals surface area contributed by atoms with Gasteiger partial charge in [0.2, 0.25) is 15.0 Å². The van der Waals surface area contributed by atoms with E-state index in [-0.39, 0.29) is 17.8 Å². The molecule has 6 heteroatoms. The lowest BCUT2D eigenvalue weighted by atomic mass is 10.1. The Balaban J connectivity index is 2.58. The van der Waals surface area contributed by atoms with Crippen LogP contribution < -0.4 is 0 Å². The van der Waals surface area contributed by atoms with E-state index in [4.69, 9.17) is 0 Å². The Morgan fingerprint density at radius 2 is 1.95 bits per heavy atom. The first kappa shape index (κ1) is 13.8.